The summed E-state index contributed by atoms with van der Waals surface area (Å²) in [5.41, 5.74) is 1.43. The second kappa shape index (κ2) is 7.31. The lowest BCUT2D eigenvalue weighted by atomic mass is 10.2. The average molecular weight is 355 g/mol. The van der Waals surface area contributed by atoms with Crippen molar-refractivity contribution in [1.82, 2.24) is 0 Å². The number of halogens is 2. The van der Waals surface area contributed by atoms with E-state index in [0.29, 0.717) is 22.4 Å². The Balaban J connectivity index is 2.12. The molecule has 0 amide bonds. The van der Waals surface area contributed by atoms with Gasteiger partial charge in [0.05, 0.1) is 14.2 Å². The van der Waals surface area contributed by atoms with E-state index in [9.17, 15) is 4.39 Å². The maximum absolute atomic E-state index is 13.9. The molecule has 3 nitrogen and oxygen atoms in total. The first-order chi connectivity index (χ1) is 10.2. The molecule has 0 fully saturated rings. The smallest absolute Gasteiger partial charge is 0.133 e. The molecular weight excluding hydrogens is 339 g/mol. The van der Waals surface area contributed by atoms with E-state index < -0.39 is 0 Å². The Morgan fingerprint density at radius 2 is 1.62 bits per heavy atom. The number of hydrogen-bond acceptors (Lipinski definition) is 3. The van der Waals surface area contributed by atoms with Gasteiger partial charge in [0.25, 0.3) is 0 Å². The molecule has 5 heteroatoms. The number of benzene rings is 2. The third-order valence-corrected chi connectivity index (χ3v) is 3.66. The zero-order valence-corrected chi connectivity index (χ0v) is 13.4. The Morgan fingerprint density at radius 1 is 0.952 bits per heavy atom. The maximum Gasteiger partial charge on any atom is 0.133 e. The SMILES string of the molecule is COc1ccc(COc2ccc(OC)cc2CBr)c(F)c1. The summed E-state index contributed by atoms with van der Waals surface area (Å²) >= 11 is 3.41. The van der Waals surface area contributed by atoms with Crippen molar-refractivity contribution in [3.05, 3.63) is 53.3 Å². The fourth-order valence-electron chi connectivity index (χ4n) is 1.86. The zero-order chi connectivity index (χ0) is 15.2. The van der Waals surface area contributed by atoms with Gasteiger partial charge in [-0.2, -0.15) is 0 Å². The lowest BCUT2D eigenvalue weighted by molar-refractivity contribution is 0.296. The Morgan fingerprint density at radius 3 is 2.24 bits per heavy atom. The summed E-state index contributed by atoms with van der Waals surface area (Å²) in [4.78, 5) is 0. The molecule has 2 rings (SSSR count). The molecule has 2 aromatic rings. The molecule has 0 saturated carbocycles. The minimum atomic E-state index is -0.344. The third kappa shape index (κ3) is 3.88. The Hall–Kier alpha value is -1.75. The van der Waals surface area contributed by atoms with E-state index in [0.717, 1.165) is 11.3 Å². The first-order valence-corrected chi connectivity index (χ1v) is 7.48. The van der Waals surface area contributed by atoms with Crippen molar-refractivity contribution in [3.8, 4) is 17.2 Å². The molecule has 0 aliphatic carbocycles. The Labute approximate surface area is 131 Å². The molecule has 0 N–H and O–H groups in total. The van der Waals surface area contributed by atoms with Gasteiger partial charge >= 0.3 is 0 Å². The normalized spacial score (nSPS) is 10.3. The van der Waals surface area contributed by atoms with Crippen LogP contribution in [0.4, 0.5) is 4.39 Å². The number of methoxy groups -OCH3 is 2. The van der Waals surface area contributed by atoms with Crippen LogP contribution < -0.4 is 14.2 Å². The molecule has 21 heavy (non-hydrogen) atoms. The number of ether oxygens (including phenoxy) is 3. The molecule has 0 unspecified atom stereocenters. The molecule has 0 radical (unpaired) electrons. The van der Waals surface area contributed by atoms with E-state index in [1.54, 1.807) is 19.2 Å². The molecule has 0 bridgehead atoms. The van der Waals surface area contributed by atoms with E-state index in [1.807, 2.05) is 18.2 Å². The van der Waals surface area contributed by atoms with Crippen LogP contribution >= 0.6 is 15.9 Å². The monoisotopic (exact) mass is 354 g/mol. The minimum Gasteiger partial charge on any atom is -0.497 e. The van der Waals surface area contributed by atoms with Crippen molar-refractivity contribution < 1.29 is 18.6 Å². The molecule has 0 aliphatic rings. The summed E-state index contributed by atoms with van der Waals surface area (Å²) in [5.74, 6) is 1.60. The number of rotatable bonds is 6. The Kier molecular flexibility index (Phi) is 5.44. The molecule has 0 spiro atoms. The van der Waals surface area contributed by atoms with Crippen LogP contribution in [0.15, 0.2) is 36.4 Å². The quantitative estimate of drug-likeness (QED) is 0.723. The van der Waals surface area contributed by atoms with E-state index in [-0.39, 0.29) is 12.4 Å². The molecule has 0 aliphatic heterocycles. The molecule has 0 atom stereocenters. The van der Waals surface area contributed by atoms with E-state index >= 15 is 0 Å². The standard InChI is InChI=1S/C16H16BrFO3/c1-19-13-5-6-16(12(7-13)9-17)21-10-11-3-4-14(20-2)8-15(11)18/h3-8H,9-10H2,1-2H3. The first-order valence-electron chi connectivity index (χ1n) is 6.36. The van der Waals surface area contributed by atoms with Gasteiger partial charge in [0.1, 0.15) is 29.7 Å². The first kappa shape index (κ1) is 15.6. The lowest BCUT2D eigenvalue weighted by Crippen LogP contribution is -2.01. The second-order valence-corrected chi connectivity index (χ2v) is 4.91. The van der Waals surface area contributed by atoms with Crippen molar-refractivity contribution in [2.75, 3.05) is 14.2 Å². The van der Waals surface area contributed by atoms with Crippen LogP contribution in [0, 0.1) is 5.82 Å². The molecule has 0 heterocycles. The van der Waals surface area contributed by atoms with Crippen LogP contribution in [0.2, 0.25) is 0 Å². The van der Waals surface area contributed by atoms with Gasteiger partial charge in [0, 0.05) is 22.5 Å². The summed E-state index contributed by atoms with van der Waals surface area (Å²) < 4.78 is 29.7. The molecule has 2 aromatic carbocycles. The van der Waals surface area contributed by atoms with Crippen molar-refractivity contribution in [2.45, 2.75) is 11.9 Å². The van der Waals surface area contributed by atoms with Crippen molar-refractivity contribution in [2.24, 2.45) is 0 Å². The predicted octanol–water partition coefficient (Wildman–Crippen LogP) is 4.32. The lowest BCUT2D eigenvalue weighted by Gasteiger charge is -2.12. The summed E-state index contributed by atoms with van der Waals surface area (Å²) in [6.07, 6.45) is 0. The van der Waals surface area contributed by atoms with Gasteiger partial charge in [-0.1, -0.05) is 15.9 Å². The third-order valence-electron chi connectivity index (χ3n) is 3.06. The highest BCUT2D eigenvalue weighted by Gasteiger charge is 2.08. The highest BCUT2D eigenvalue weighted by molar-refractivity contribution is 9.08. The summed E-state index contributed by atoms with van der Waals surface area (Å²) in [6, 6.07) is 10.2. The topological polar surface area (TPSA) is 27.7 Å². The largest absolute Gasteiger partial charge is 0.497 e. The van der Waals surface area contributed by atoms with Crippen molar-refractivity contribution >= 4 is 15.9 Å². The van der Waals surface area contributed by atoms with Crippen LogP contribution in [0.25, 0.3) is 0 Å². The molecular formula is C16H16BrFO3. The fraction of sp³-hybridized carbons (Fsp3) is 0.250. The number of hydrogen-bond donors (Lipinski definition) is 0. The van der Waals surface area contributed by atoms with E-state index in [2.05, 4.69) is 15.9 Å². The molecule has 0 saturated heterocycles. The number of alkyl halides is 1. The van der Waals surface area contributed by atoms with Gasteiger partial charge in [0.15, 0.2) is 0 Å². The van der Waals surface area contributed by atoms with Crippen molar-refractivity contribution in [3.63, 3.8) is 0 Å². The predicted molar refractivity (Wildman–Crippen MR) is 82.9 cm³/mol. The fourth-order valence-corrected chi connectivity index (χ4v) is 2.29. The molecule has 0 aromatic heterocycles. The van der Waals surface area contributed by atoms with Gasteiger partial charge in [-0.25, -0.2) is 4.39 Å². The van der Waals surface area contributed by atoms with Gasteiger partial charge < -0.3 is 14.2 Å². The van der Waals surface area contributed by atoms with Gasteiger partial charge in [-0.3, -0.25) is 0 Å². The van der Waals surface area contributed by atoms with Crippen LogP contribution in [0.5, 0.6) is 17.2 Å². The highest BCUT2D eigenvalue weighted by Crippen LogP contribution is 2.27. The highest BCUT2D eigenvalue weighted by atomic mass is 79.9. The van der Waals surface area contributed by atoms with Crippen LogP contribution in [0.1, 0.15) is 11.1 Å². The van der Waals surface area contributed by atoms with Crippen LogP contribution in [-0.2, 0) is 11.9 Å². The average Bonchev–Trinajstić information content (AvgIpc) is 2.53. The maximum atomic E-state index is 13.9. The minimum absolute atomic E-state index is 0.155. The molecule has 112 valence electrons. The summed E-state index contributed by atoms with van der Waals surface area (Å²) in [7, 11) is 3.12. The van der Waals surface area contributed by atoms with E-state index in [4.69, 9.17) is 14.2 Å². The van der Waals surface area contributed by atoms with Crippen molar-refractivity contribution in [1.29, 1.82) is 0 Å². The van der Waals surface area contributed by atoms with Crippen LogP contribution in [-0.4, -0.2) is 14.2 Å². The van der Waals surface area contributed by atoms with Gasteiger partial charge in [0.2, 0.25) is 0 Å². The van der Waals surface area contributed by atoms with Gasteiger partial charge in [-0.15, -0.1) is 0 Å². The summed E-state index contributed by atoms with van der Waals surface area (Å²) in [6.45, 7) is 0.155. The van der Waals surface area contributed by atoms with E-state index in [1.165, 1.54) is 13.2 Å². The van der Waals surface area contributed by atoms with Gasteiger partial charge in [-0.05, 0) is 30.3 Å². The zero-order valence-electron chi connectivity index (χ0n) is 11.9. The van der Waals surface area contributed by atoms with Crippen LogP contribution in [0.3, 0.4) is 0 Å². The Bertz CT molecular complexity index is 616. The summed E-state index contributed by atoms with van der Waals surface area (Å²) in [5, 5.41) is 0.630. The second-order valence-electron chi connectivity index (χ2n) is 4.35.